The van der Waals surface area contributed by atoms with Crippen LogP contribution in [0.3, 0.4) is 0 Å². The zero-order chi connectivity index (χ0) is 10.7. The Balaban J connectivity index is 0.00000128. The minimum Gasteiger partial charge on any atom is -0.508 e. The molecule has 4 heteroatoms. The first-order valence-corrected chi connectivity index (χ1v) is 5.44. The van der Waals surface area contributed by atoms with Crippen molar-refractivity contribution >= 4 is 12.4 Å². The topological polar surface area (TPSA) is 35.5 Å². The third-order valence-electron chi connectivity index (χ3n) is 3.00. The lowest BCUT2D eigenvalue weighted by Gasteiger charge is -2.23. The lowest BCUT2D eigenvalue weighted by Crippen LogP contribution is -2.32. The molecule has 0 saturated carbocycles. The molecule has 0 aromatic heterocycles. The number of nitrogens with one attached hydrogen (secondary N) is 1. The largest absolute Gasteiger partial charge is 0.508 e. The smallest absolute Gasteiger partial charge is 0.115 e. The van der Waals surface area contributed by atoms with Crippen molar-refractivity contribution in [2.75, 3.05) is 20.1 Å². The van der Waals surface area contributed by atoms with Gasteiger partial charge in [-0.1, -0.05) is 12.1 Å². The predicted molar refractivity (Wildman–Crippen MR) is 68.1 cm³/mol. The summed E-state index contributed by atoms with van der Waals surface area (Å²) < 4.78 is 0. The summed E-state index contributed by atoms with van der Waals surface area (Å²) in [6, 6.07) is 8.12. The fourth-order valence-electron chi connectivity index (χ4n) is 2.09. The Morgan fingerprint density at radius 2 is 2.31 bits per heavy atom. The van der Waals surface area contributed by atoms with E-state index < -0.39 is 0 Å². The summed E-state index contributed by atoms with van der Waals surface area (Å²) in [6.45, 7) is 3.10. The van der Waals surface area contributed by atoms with E-state index >= 15 is 0 Å². The van der Waals surface area contributed by atoms with E-state index in [-0.39, 0.29) is 12.4 Å². The van der Waals surface area contributed by atoms with Crippen molar-refractivity contribution in [1.82, 2.24) is 10.2 Å². The van der Waals surface area contributed by atoms with Crippen molar-refractivity contribution in [3.05, 3.63) is 29.8 Å². The molecule has 1 aromatic carbocycles. The molecule has 1 saturated heterocycles. The number of benzene rings is 1. The van der Waals surface area contributed by atoms with Crippen LogP contribution < -0.4 is 5.32 Å². The van der Waals surface area contributed by atoms with Gasteiger partial charge < -0.3 is 10.4 Å². The highest BCUT2D eigenvalue weighted by Gasteiger charge is 2.18. The number of phenolic OH excluding ortho intramolecular Hbond substituents is 1. The lowest BCUT2D eigenvalue weighted by atomic mass is 10.1. The van der Waals surface area contributed by atoms with E-state index in [9.17, 15) is 5.11 Å². The Bertz CT molecular complexity index is 327. The maximum Gasteiger partial charge on any atom is 0.115 e. The maximum absolute atomic E-state index is 9.36. The fraction of sp³-hybridized carbons (Fsp3) is 0.500. The molecular formula is C12H19ClN2O. The van der Waals surface area contributed by atoms with Crippen LogP contribution in [-0.2, 0) is 6.54 Å². The van der Waals surface area contributed by atoms with Gasteiger partial charge >= 0.3 is 0 Å². The van der Waals surface area contributed by atoms with Crippen LogP contribution in [-0.4, -0.2) is 36.2 Å². The molecule has 1 unspecified atom stereocenters. The first kappa shape index (κ1) is 13.3. The summed E-state index contributed by atoms with van der Waals surface area (Å²) in [5.74, 6) is 0.352. The van der Waals surface area contributed by atoms with E-state index in [0.717, 1.165) is 19.6 Å². The average molecular weight is 243 g/mol. The van der Waals surface area contributed by atoms with Crippen LogP contribution in [0.25, 0.3) is 0 Å². The van der Waals surface area contributed by atoms with Crippen molar-refractivity contribution in [1.29, 1.82) is 0 Å². The van der Waals surface area contributed by atoms with E-state index in [2.05, 4.69) is 23.3 Å². The third-order valence-corrected chi connectivity index (χ3v) is 3.00. The zero-order valence-electron chi connectivity index (χ0n) is 9.52. The van der Waals surface area contributed by atoms with Crippen LogP contribution in [0.2, 0.25) is 0 Å². The molecule has 0 amide bonds. The molecule has 1 fully saturated rings. The molecule has 0 aliphatic carbocycles. The quantitative estimate of drug-likeness (QED) is 0.846. The second-order valence-electron chi connectivity index (χ2n) is 4.23. The molecule has 1 aromatic rings. The predicted octanol–water partition coefficient (Wildman–Crippen LogP) is 1.61. The summed E-state index contributed by atoms with van der Waals surface area (Å²) in [5.41, 5.74) is 1.17. The molecular weight excluding hydrogens is 224 g/mol. The Kier molecular flexibility index (Phi) is 5.06. The van der Waals surface area contributed by atoms with Gasteiger partial charge in [0.05, 0.1) is 0 Å². The van der Waals surface area contributed by atoms with Crippen molar-refractivity contribution < 1.29 is 5.11 Å². The van der Waals surface area contributed by atoms with E-state index in [0.29, 0.717) is 11.8 Å². The van der Waals surface area contributed by atoms with Gasteiger partial charge in [0.25, 0.3) is 0 Å². The van der Waals surface area contributed by atoms with Crippen molar-refractivity contribution in [2.45, 2.75) is 19.0 Å². The van der Waals surface area contributed by atoms with Gasteiger partial charge in [-0.2, -0.15) is 0 Å². The van der Waals surface area contributed by atoms with Gasteiger partial charge in [-0.25, -0.2) is 0 Å². The van der Waals surface area contributed by atoms with Crippen LogP contribution in [0, 0.1) is 0 Å². The minimum atomic E-state index is 0. The first-order chi connectivity index (χ1) is 7.25. The van der Waals surface area contributed by atoms with Crippen LogP contribution in [0.4, 0.5) is 0 Å². The van der Waals surface area contributed by atoms with Crippen molar-refractivity contribution in [3.8, 4) is 5.75 Å². The molecule has 3 nitrogen and oxygen atoms in total. The second kappa shape index (κ2) is 6.09. The van der Waals surface area contributed by atoms with E-state index in [1.165, 1.54) is 12.0 Å². The van der Waals surface area contributed by atoms with Gasteiger partial charge in [0, 0.05) is 19.1 Å². The highest BCUT2D eigenvalue weighted by molar-refractivity contribution is 5.85. The van der Waals surface area contributed by atoms with E-state index in [1.54, 1.807) is 6.07 Å². The first-order valence-electron chi connectivity index (χ1n) is 5.44. The van der Waals surface area contributed by atoms with E-state index in [4.69, 9.17) is 0 Å². The van der Waals surface area contributed by atoms with Gasteiger partial charge in [0.1, 0.15) is 5.75 Å². The molecule has 16 heavy (non-hydrogen) atoms. The number of rotatable bonds is 3. The third kappa shape index (κ3) is 3.37. The monoisotopic (exact) mass is 242 g/mol. The van der Waals surface area contributed by atoms with Crippen molar-refractivity contribution in [2.24, 2.45) is 0 Å². The molecule has 1 aliphatic heterocycles. The molecule has 2 rings (SSSR count). The average Bonchev–Trinajstić information content (AvgIpc) is 2.70. The van der Waals surface area contributed by atoms with Crippen molar-refractivity contribution in [3.63, 3.8) is 0 Å². The molecule has 1 aliphatic rings. The highest BCUT2D eigenvalue weighted by Crippen LogP contribution is 2.15. The lowest BCUT2D eigenvalue weighted by molar-refractivity contribution is 0.248. The number of halogens is 1. The number of hydrogen-bond acceptors (Lipinski definition) is 3. The molecule has 0 radical (unpaired) electrons. The summed E-state index contributed by atoms with van der Waals surface area (Å²) >= 11 is 0. The molecule has 90 valence electrons. The molecule has 0 bridgehead atoms. The van der Waals surface area contributed by atoms with E-state index in [1.807, 2.05) is 12.1 Å². The number of aromatic hydroxyl groups is 1. The second-order valence-corrected chi connectivity index (χ2v) is 4.23. The SMILES string of the molecule is CN(Cc1cccc(O)c1)C1CCNC1.Cl. The highest BCUT2D eigenvalue weighted by atomic mass is 35.5. The number of likely N-dealkylation sites (N-methyl/N-ethyl adjacent to an activating group) is 1. The molecule has 1 heterocycles. The van der Waals surface area contributed by atoms with Gasteiger partial charge in [-0.05, 0) is 37.7 Å². The summed E-state index contributed by atoms with van der Waals surface area (Å²) in [6.07, 6.45) is 1.22. The Morgan fingerprint density at radius 3 is 2.94 bits per heavy atom. The zero-order valence-corrected chi connectivity index (χ0v) is 10.3. The Morgan fingerprint density at radius 1 is 1.50 bits per heavy atom. The molecule has 2 N–H and O–H groups in total. The summed E-state index contributed by atoms with van der Waals surface area (Å²) in [5, 5.41) is 12.7. The summed E-state index contributed by atoms with van der Waals surface area (Å²) in [7, 11) is 2.14. The Labute approximate surface area is 103 Å². The minimum absolute atomic E-state index is 0. The van der Waals surface area contributed by atoms with Gasteiger partial charge in [-0.15, -0.1) is 12.4 Å². The van der Waals surface area contributed by atoms with Crippen LogP contribution in [0.1, 0.15) is 12.0 Å². The normalized spacial score (nSPS) is 19.8. The van der Waals surface area contributed by atoms with Gasteiger partial charge in [0.15, 0.2) is 0 Å². The maximum atomic E-state index is 9.36. The number of nitrogens with zero attached hydrogens (tertiary/aromatic N) is 1. The van der Waals surface area contributed by atoms with Crippen LogP contribution >= 0.6 is 12.4 Å². The fourth-order valence-corrected chi connectivity index (χ4v) is 2.09. The number of phenols is 1. The molecule has 1 atom stereocenters. The van der Waals surface area contributed by atoms with Crippen LogP contribution in [0.5, 0.6) is 5.75 Å². The Hall–Kier alpha value is -0.770. The van der Waals surface area contributed by atoms with Gasteiger partial charge in [0.2, 0.25) is 0 Å². The number of hydrogen-bond donors (Lipinski definition) is 2. The summed E-state index contributed by atoms with van der Waals surface area (Å²) in [4.78, 5) is 2.34. The molecule has 0 spiro atoms. The van der Waals surface area contributed by atoms with Crippen LogP contribution in [0.15, 0.2) is 24.3 Å². The van der Waals surface area contributed by atoms with Gasteiger partial charge in [-0.3, -0.25) is 4.90 Å². The standard InChI is InChI=1S/C12H18N2O.ClH/c1-14(11-5-6-13-8-11)9-10-3-2-4-12(15)7-10;/h2-4,7,11,13,15H,5-6,8-9H2,1H3;1H.